The number of hydrogen-bond acceptors (Lipinski definition) is 2. The molecule has 0 radical (unpaired) electrons. The lowest BCUT2D eigenvalue weighted by Crippen LogP contribution is -2.12. The van der Waals surface area contributed by atoms with Gasteiger partial charge in [0.25, 0.3) is 0 Å². The van der Waals surface area contributed by atoms with E-state index in [0.29, 0.717) is 24.8 Å². The molecule has 1 unspecified atom stereocenters. The minimum Gasteiger partial charge on any atom is -0.393 e. The van der Waals surface area contributed by atoms with Gasteiger partial charge in [-0.05, 0) is 48.6 Å². The summed E-state index contributed by atoms with van der Waals surface area (Å²) in [6.45, 7) is 0. The van der Waals surface area contributed by atoms with Gasteiger partial charge in [-0.3, -0.25) is 4.98 Å². The molecule has 2 aromatic rings. The highest BCUT2D eigenvalue weighted by molar-refractivity contribution is 5.18. The van der Waals surface area contributed by atoms with Crippen molar-refractivity contribution in [3.05, 3.63) is 65.5 Å². The molecule has 1 heterocycles. The highest BCUT2D eigenvalue weighted by Gasteiger charge is 2.09. The van der Waals surface area contributed by atoms with Crippen LogP contribution in [0.3, 0.4) is 0 Å². The van der Waals surface area contributed by atoms with Gasteiger partial charge in [-0.1, -0.05) is 12.1 Å². The predicted octanol–water partition coefficient (Wildman–Crippen LogP) is 2.90. The van der Waals surface area contributed by atoms with E-state index < -0.39 is 17.7 Å². The predicted molar refractivity (Wildman–Crippen MR) is 68.6 cm³/mol. The lowest BCUT2D eigenvalue weighted by Gasteiger charge is -2.10. The van der Waals surface area contributed by atoms with Crippen molar-refractivity contribution in [3.63, 3.8) is 0 Å². The summed E-state index contributed by atoms with van der Waals surface area (Å²) in [6.07, 6.45) is 4.46. The lowest BCUT2D eigenvalue weighted by atomic mass is 10.0. The SMILES string of the molecule is OC(CCc1cccnc1)Cc1ccc(F)c(F)c1. The van der Waals surface area contributed by atoms with Crippen molar-refractivity contribution in [1.82, 2.24) is 4.98 Å². The summed E-state index contributed by atoms with van der Waals surface area (Å²) < 4.78 is 25.8. The van der Waals surface area contributed by atoms with E-state index in [4.69, 9.17) is 0 Å². The molecule has 0 amide bonds. The van der Waals surface area contributed by atoms with Crippen LogP contribution in [0.4, 0.5) is 8.78 Å². The van der Waals surface area contributed by atoms with Gasteiger partial charge in [-0.15, -0.1) is 0 Å². The van der Waals surface area contributed by atoms with Crippen molar-refractivity contribution >= 4 is 0 Å². The van der Waals surface area contributed by atoms with Gasteiger partial charge in [0.15, 0.2) is 11.6 Å². The zero-order valence-electron chi connectivity index (χ0n) is 10.4. The zero-order chi connectivity index (χ0) is 13.7. The molecule has 0 aliphatic heterocycles. The Balaban J connectivity index is 1.87. The van der Waals surface area contributed by atoms with Gasteiger partial charge in [0, 0.05) is 12.4 Å². The molecule has 0 aliphatic carbocycles. The Morgan fingerprint density at radius 2 is 1.95 bits per heavy atom. The van der Waals surface area contributed by atoms with Crippen molar-refractivity contribution in [2.45, 2.75) is 25.4 Å². The van der Waals surface area contributed by atoms with Gasteiger partial charge < -0.3 is 5.11 Å². The van der Waals surface area contributed by atoms with Crippen LogP contribution in [0.15, 0.2) is 42.7 Å². The Labute approximate surface area is 110 Å². The molecule has 1 aromatic heterocycles. The standard InChI is InChI=1S/C15H15F2NO/c16-14-6-4-12(9-15(14)17)8-13(19)5-3-11-2-1-7-18-10-11/h1-2,4,6-7,9-10,13,19H,3,5,8H2. The number of aliphatic hydroxyl groups excluding tert-OH is 1. The molecule has 0 fully saturated rings. The van der Waals surface area contributed by atoms with E-state index in [1.807, 2.05) is 12.1 Å². The Morgan fingerprint density at radius 3 is 2.63 bits per heavy atom. The molecule has 1 aromatic carbocycles. The third-order valence-corrected chi connectivity index (χ3v) is 2.94. The highest BCUT2D eigenvalue weighted by atomic mass is 19.2. The fraction of sp³-hybridized carbons (Fsp3) is 0.267. The van der Waals surface area contributed by atoms with E-state index in [2.05, 4.69) is 4.98 Å². The fourth-order valence-corrected chi connectivity index (χ4v) is 1.92. The van der Waals surface area contributed by atoms with Crippen LogP contribution in [0.5, 0.6) is 0 Å². The molecule has 0 spiro atoms. The largest absolute Gasteiger partial charge is 0.393 e. The molecular weight excluding hydrogens is 248 g/mol. The molecule has 100 valence electrons. The first-order valence-electron chi connectivity index (χ1n) is 6.16. The number of rotatable bonds is 5. The van der Waals surface area contributed by atoms with Crippen molar-refractivity contribution in [2.75, 3.05) is 0 Å². The molecule has 1 N–H and O–H groups in total. The molecule has 0 saturated carbocycles. The van der Waals surface area contributed by atoms with Crippen LogP contribution in [-0.2, 0) is 12.8 Å². The van der Waals surface area contributed by atoms with Crippen molar-refractivity contribution in [3.8, 4) is 0 Å². The van der Waals surface area contributed by atoms with Crippen LogP contribution in [0, 0.1) is 11.6 Å². The molecule has 1 atom stereocenters. The first kappa shape index (κ1) is 13.6. The normalized spacial score (nSPS) is 12.4. The second-order valence-corrected chi connectivity index (χ2v) is 4.51. The van der Waals surface area contributed by atoms with E-state index >= 15 is 0 Å². The summed E-state index contributed by atoms with van der Waals surface area (Å²) in [6, 6.07) is 7.49. The average Bonchev–Trinajstić information content (AvgIpc) is 2.42. The van der Waals surface area contributed by atoms with Gasteiger partial charge in [-0.25, -0.2) is 8.78 Å². The number of hydrogen-bond donors (Lipinski definition) is 1. The average molecular weight is 263 g/mol. The molecular formula is C15H15F2NO. The summed E-state index contributed by atoms with van der Waals surface area (Å²) in [4.78, 5) is 4.00. The van der Waals surface area contributed by atoms with Crippen LogP contribution < -0.4 is 0 Å². The summed E-state index contributed by atoms with van der Waals surface area (Å²) >= 11 is 0. The quantitative estimate of drug-likeness (QED) is 0.899. The molecule has 2 nitrogen and oxygen atoms in total. The number of nitrogens with zero attached hydrogens (tertiary/aromatic N) is 1. The van der Waals surface area contributed by atoms with Crippen LogP contribution in [0.2, 0.25) is 0 Å². The number of aryl methyl sites for hydroxylation is 1. The van der Waals surface area contributed by atoms with Crippen molar-refractivity contribution < 1.29 is 13.9 Å². The Kier molecular flexibility index (Phi) is 4.58. The lowest BCUT2D eigenvalue weighted by molar-refractivity contribution is 0.165. The number of aromatic nitrogens is 1. The zero-order valence-corrected chi connectivity index (χ0v) is 10.4. The third-order valence-electron chi connectivity index (χ3n) is 2.94. The van der Waals surface area contributed by atoms with Crippen LogP contribution in [-0.4, -0.2) is 16.2 Å². The molecule has 2 rings (SSSR count). The van der Waals surface area contributed by atoms with E-state index in [1.54, 1.807) is 12.4 Å². The van der Waals surface area contributed by atoms with E-state index in [-0.39, 0.29) is 0 Å². The fourth-order valence-electron chi connectivity index (χ4n) is 1.92. The maximum absolute atomic E-state index is 13.0. The summed E-state index contributed by atoms with van der Waals surface area (Å²) in [5, 5.41) is 9.89. The van der Waals surface area contributed by atoms with Gasteiger partial charge in [0.1, 0.15) is 0 Å². The smallest absolute Gasteiger partial charge is 0.159 e. The van der Waals surface area contributed by atoms with Gasteiger partial charge in [0.05, 0.1) is 6.10 Å². The molecule has 0 bridgehead atoms. The maximum atomic E-state index is 13.0. The minimum absolute atomic E-state index is 0.317. The topological polar surface area (TPSA) is 33.1 Å². The number of halogens is 2. The molecule has 4 heteroatoms. The van der Waals surface area contributed by atoms with Gasteiger partial charge in [0.2, 0.25) is 0 Å². The van der Waals surface area contributed by atoms with Crippen molar-refractivity contribution in [2.24, 2.45) is 0 Å². The van der Waals surface area contributed by atoms with E-state index in [1.165, 1.54) is 6.07 Å². The number of benzene rings is 1. The second-order valence-electron chi connectivity index (χ2n) is 4.51. The first-order valence-corrected chi connectivity index (χ1v) is 6.16. The minimum atomic E-state index is -0.878. The second kappa shape index (κ2) is 6.38. The van der Waals surface area contributed by atoms with Crippen molar-refractivity contribution in [1.29, 1.82) is 0 Å². The number of pyridine rings is 1. The van der Waals surface area contributed by atoms with Gasteiger partial charge >= 0.3 is 0 Å². The summed E-state index contributed by atoms with van der Waals surface area (Å²) in [5.74, 6) is -1.74. The Hall–Kier alpha value is -1.81. The van der Waals surface area contributed by atoms with Gasteiger partial charge in [-0.2, -0.15) is 0 Å². The summed E-state index contributed by atoms with van der Waals surface area (Å²) in [7, 11) is 0. The summed E-state index contributed by atoms with van der Waals surface area (Å²) in [5.41, 5.74) is 1.64. The first-order chi connectivity index (χ1) is 9.15. The monoisotopic (exact) mass is 263 g/mol. The number of aliphatic hydroxyl groups is 1. The molecule has 19 heavy (non-hydrogen) atoms. The van der Waals surface area contributed by atoms with E-state index in [9.17, 15) is 13.9 Å². The highest BCUT2D eigenvalue weighted by Crippen LogP contribution is 2.13. The third kappa shape index (κ3) is 4.10. The Bertz CT molecular complexity index is 531. The van der Waals surface area contributed by atoms with Crippen LogP contribution in [0.25, 0.3) is 0 Å². The maximum Gasteiger partial charge on any atom is 0.159 e. The molecule has 0 aliphatic rings. The van der Waals surface area contributed by atoms with Crippen LogP contribution >= 0.6 is 0 Å². The van der Waals surface area contributed by atoms with E-state index in [0.717, 1.165) is 17.7 Å². The Morgan fingerprint density at radius 1 is 1.11 bits per heavy atom. The van der Waals surface area contributed by atoms with Crippen LogP contribution in [0.1, 0.15) is 17.5 Å². The molecule has 0 saturated heterocycles.